The molecule has 212 valence electrons. The number of alkyl halides is 3. The largest absolute Gasteiger partial charge is 0.497 e. The van der Waals surface area contributed by atoms with Crippen LogP contribution in [0.4, 0.5) is 13.2 Å². The lowest BCUT2D eigenvalue weighted by Gasteiger charge is -2.27. The topological polar surface area (TPSA) is 140 Å². The summed E-state index contributed by atoms with van der Waals surface area (Å²) in [5.74, 6) is -5.15. The zero-order valence-electron chi connectivity index (χ0n) is 21.5. The van der Waals surface area contributed by atoms with E-state index in [1.165, 1.54) is 45.2 Å². The Hall–Kier alpha value is -3.64. The first-order chi connectivity index (χ1) is 18.3. The minimum absolute atomic E-state index is 0.0315. The van der Waals surface area contributed by atoms with Gasteiger partial charge in [-0.2, -0.15) is 13.2 Å². The summed E-state index contributed by atoms with van der Waals surface area (Å²) in [5, 5.41) is 7.47. The fourth-order valence-corrected chi connectivity index (χ4v) is 3.86. The van der Waals surface area contributed by atoms with Gasteiger partial charge >= 0.3 is 6.18 Å². The van der Waals surface area contributed by atoms with Gasteiger partial charge in [0, 0.05) is 11.4 Å². The quantitative estimate of drug-likeness (QED) is 0.309. The van der Waals surface area contributed by atoms with Gasteiger partial charge in [-0.1, -0.05) is 49.7 Å². The van der Waals surface area contributed by atoms with Crippen LogP contribution in [0.2, 0.25) is 5.02 Å². The lowest BCUT2D eigenvalue weighted by atomic mass is 9.97. The van der Waals surface area contributed by atoms with Gasteiger partial charge in [-0.25, -0.2) is 0 Å². The monoisotopic (exact) mass is 570 g/mol. The van der Waals surface area contributed by atoms with Crippen LogP contribution in [0.5, 0.6) is 5.75 Å². The average molecular weight is 571 g/mol. The molecule has 0 radical (unpaired) electrons. The molecular weight excluding hydrogens is 541 g/mol. The Kier molecular flexibility index (Phi) is 11.3. The number of Topliss-reactive ketones (excluding diaryl/α,β-unsaturated/α-hetero) is 1. The maximum Gasteiger partial charge on any atom is 0.452 e. The molecule has 0 aromatic heterocycles. The van der Waals surface area contributed by atoms with Crippen LogP contribution < -0.4 is 26.4 Å². The van der Waals surface area contributed by atoms with E-state index in [1.807, 2.05) is 0 Å². The predicted molar refractivity (Wildman–Crippen MR) is 138 cm³/mol. The van der Waals surface area contributed by atoms with Gasteiger partial charge in [0.15, 0.2) is 0 Å². The summed E-state index contributed by atoms with van der Waals surface area (Å²) in [4.78, 5) is 50.7. The number of nitrogens with one attached hydrogen (secondary N) is 3. The maximum absolute atomic E-state index is 13.4. The molecule has 0 spiro atoms. The standard InChI is InChI=1S/C26H30ClF3N4O5/c1-14(2)21(23(36)26(28,29)30)33-25(38)22(16-7-9-18(39-3)10-8-16)34-24(37)19(32-20(35)13-31)12-15-5-4-6-17(27)11-15/h4-11,14,19,21-22H,12-13,31H2,1-3H3,(H,32,35)(H,33,38)(H,34,37). The molecule has 3 unspecified atom stereocenters. The van der Waals surface area contributed by atoms with Crippen LogP contribution in [-0.2, 0) is 25.6 Å². The van der Waals surface area contributed by atoms with Gasteiger partial charge in [0.25, 0.3) is 5.78 Å². The highest BCUT2D eigenvalue weighted by Gasteiger charge is 2.45. The van der Waals surface area contributed by atoms with Crippen molar-refractivity contribution in [2.75, 3.05) is 13.7 Å². The number of ketones is 1. The molecular formula is C26H30ClF3N4O5. The Bertz CT molecular complexity index is 1170. The van der Waals surface area contributed by atoms with Crippen molar-refractivity contribution in [1.82, 2.24) is 16.0 Å². The summed E-state index contributed by atoms with van der Waals surface area (Å²) in [5.41, 5.74) is 6.16. The highest BCUT2D eigenvalue weighted by atomic mass is 35.5. The molecule has 0 aliphatic rings. The Labute approximate surface area is 228 Å². The number of benzene rings is 2. The number of halogens is 4. The van der Waals surface area contributed by atoms with Crippen LogP contribution in [0.3, 0.4) is 0 Å². The summed E-state index contributed by atoms with van der Waals surface area (Å²) in [6.45, 7) is 2.27. The fraction of sp³-hybridized carbons (Fsp3) is 0.385. The third-order valence-electron chi connectivity index (χ3n) is 5.69. The van der Waals surface area contributed by atoms with Crippen molar-refractivity contribution in [2.24, 2.45) is 11.7 Å². The van der Waals surface area contributed by atoms with Crippen molar-refractivity contribution >= 4 is 35.1 Å². The minimum Gasteiger partial charge on any atom is -0.497 e. The van der Waals surface area contributed by atoms with Gasteiger partial charge in [-0.3, -0.25) is 19.2 Å². The number of nitrogens with two attached hydrogens (primary N) is 1. The van der Waals surface area contributed by atoms with Crippen molar-refractivity contribution in [1.29, 1.82) is 0 Å². The Balaban J connectivity index is 2.42. The van der Waals surface area contributed by atoms with E-state index in [1.54, 1.807) is 24.3 Å². The first kappa shape index (κ1) is 31.6. The smallest absolute Gasteiger partial charge is 0.452 e. The molecule has 39 heavy (non-hydrogen) atoms. The van der Waals surface area contributed by atoms with Gasteiger partial charge in [-0.15, -0.1) is 0 Å². The number of carbonyl (C=O) groups excluding carboxylic acids is 4. The number of amides is 3. The second-order valence-corrected chi connectivity index (χ2v) is 9.40. The first-order valence-corrected chi connectivity index (χ1v) is 12.2. The molecule has 0 bridgehead atoms. The van der Waals surface area contributed by atoms with Gasteiger partial charge in [0.2, 0.25) is 17.7 Å². The SMILES string of the molecule is COc1ccc(C(NC(=O)C(Cc2cccc(Cl)c2)NC(=O)CN)C(=O)NC(C(=O)C(F)(F)F)C(C)C)cc1. The second kappa shape index (κ2) is 13.9. The molecule has 0 saturated carbocycles. The fourth-order valence-electron chi connectivity index (χ4n) is 3.65. The molecule has 2 aromatic rings. The van der Waals surface area contributed by atoms with Crippen molar-refractivity contribution in [2.45, 2.75) is 44.6 Å². The molecule has 9 nitrogen and oxygen atoms in total. The van der Waals surface area contributed by atoms with Gasteiger partial charge in [-0.05, 0) is 41.3 Å². The summed E-state index contributed by atoms with van der Waals surface area (Å²) >= 11 is 6.02. The molecule has 0 aliphatic heterocycles. The number of methoxy groups -OCH3 is 1. The van der Waals surface area contributed by atoms with E-state index < -0.39 is 60.3 Å². The lowest BCUT2D eigenvalue weighted by Crippen LogP contribution is -2.55. The highest BCUT2D eigenvalue weighted by molar-refractivity contribution is 6.30. The highest BCUT2D eigenvalue weighted by Crippen LogP contribution is 2.23. The Morgan fingerprint density at radius 2 is 1.62 bits per heavy atom. The van der Waals surface area contributed by atoms with Crippen LogP contribution in [-0.4, -0.2) is 55.4 Å². The molecule has 3 amide bonds. The zero-order valence-corrected chi connectivity index (χ0v) is 22.2. The number of ether oxygens (including phenoxy) is 1. The van der Waals surface area contributed by atoms with E-state index >= 15 is 0 Å². The van der Waals surface area contributed by atoms with E-state index in [-0.39, 0.29) is 12.0 Å². The third kappa shape index (κ3) is 9.25. The van der Waals surface area contributed by atoms with Crippen LogP contribution in [0, 0.1) is 5.92 Å². The minimum atomic E-state index is -5.18. The van der Waals surface area contributed by atoms with Crippen molar-refractivity contribution in [3.05, 3.63) is 64.7 Å². The molecule has 2 aromatic carbocycles. The van der Waals surface area contributed by atoms with Crippen molar-refractivity contribution in [3.63, 3.8) is 0 Å². The molecule has 13 heteroatoms. The van der Waals surface area contributed by atoms with E-state index in [0.717, 1.165) is 0 Å². The van der Waals surface area contributed by atoms with Crippen LogP contribution in [0.1, 0.15) is 31.0 Å². The van der Waals surface area contributed by atoms with Crippen LogP contribution in [0.15, 0.2) is 48.5 Å². The van der Waals surface area contributed by atoms with Gasteiger partial charge < -0.3 is 26.4 Å². The van der Waals surface area contributed by atoms with Gasteiger partial charge in [0.1, 0.15) is 17.8 Å². The third-order valence-corrected chi connectivity index (χ3v) is 5.93. The molecule has 0 aliphatic carbocycles. The number of hydrogen-bond donors (Lipinski definition) is 4. The molecule has 0 fully saturated rings. The molecule has 5 N–H and O–H groups in total. The summed E-state index contributed by atoms with van der Waals surface area (Å²) < 4.78 is 44.6. The van der Waals surface area contributed by atoms with Crippen molar-refractivity contribution < 1.29 is 37.1 Å². The zero-order chi connectivity index (χ0) is 29.3. The summed E-state index contributed by atoms with van der Waals surface area (Å²) in [6.07, 6.45) is -5.22. The number of hydrogen-bond acceptors (Lipinski definition) is 6. The normalized spacial score (nSPS) is 13.7. The molecule has 2 rings (SSSR count). The molecule has 3 atom stereocenters. The van der Waals surface area contributed by atoms with Crippen LogP contribution >= 0.6 is 11.6 Å². The van der Waals surface area contributed by atoms with E-state index in [4.69, 9.17) is 22.1 Å². The summed E-state index contributed by atoms with van der Waals surface area (Å²) in [6, 6.07) is 7.73. The Morgan fingerprint density at radius 1 is 0.974 bits per heavy atom. The van der Waals surface area contributed by atoms with E-state index in [2.05, 4.69) is 16.0 Å². The number of carbonyl (C=O) groups is 4. The van der Waals surface area contributed by atoms with Crippen molar-refractivity contribution in [3.8, 4) is 5.75 Å². The van der Waals surface area contributed by atoms with Crippen LogP contribution in [0.25, 0.3) is 0 Å². The van der Waals surface area contributed by atoms with Gasteiger partial charge in [0.05, 0.1) is 19.7 Å². The molecule has 0 saturated heterocycles. The van der Waals surface area contributed by atoms with E-state index in [9.17, 15) is 32.3 Å². The Morgan fingerprint density at radius 3 is 2.13 bits per heavy atom. The maximum atomic E-state index is 13.4. The average Bonchev–Trinajstić information content (AvgIpc) is 2.88. The molecule has 0 heterocycles. The summed E-state index contributed by atoms with van der Waals surface area (Å²) in [7, 11) is 1.41. The van der Waals surface area contributed by atoms with E-state index in [0.29, 0.717) is 16.3 Å². The first-order valence-electron chi connectivity index (χ1n) is 11.9. The predicted octanol–water partition coefficient (Wildman–Crippen LogP) is 2.46. The number of rotatable bonds is 12. The lowest BCUT2D eigenvalue weighted by molar-refractivity contribution is -0.175. The second-order valence-electron chi connectivity index (χ2n) is 8.97.